The van der Waals surface area contributed by atoms with Crippen molar-refractivity contribution >= 4 is 5.69 Å². The highest BCUT2D eigenvalue weighted by Gasteiger charge is 1.95. The van der Waals surface area contributed by atoms with E-state index in [0.29, 0.717) is 0 Å². The summed E-state index contributed by atoms with van der Waals surface area (Å²) in [6.45, 7) is 3.05. The number of rotatable bonds is 5. The van der Waals surface area contributed by atoms with Gasteiger partial charge in [-0.3, -0.25) is 0 Å². The maximum Gasteiger partial charge on any atom is 0.0551 e. The Balaban J connectivity index is 1.90. The molecule has 2 rings (SSSR count). The molecule has 84 valence electrons. The Bertz CT molecular complexity index is 401. The molecule has 0 radical (unpaired) electrons. The first-order valence-corrected chi connectivity index (χ1v) is 5.83. The van der Waals surface area contributed by atoms with E-state index < -0.39 is 0 Å². The van der Waals surface area contributed by atoms with Gasteiger partial charge in [0.05, 0.1) is 6.54 Å². The third-order valence-electron chi connectivity index (χ3n) is 2.64. The molecule has 2 N–H and O–H groups in total. The van der Waals surface area contributed by atoms with Crippen LogP contribution < -0.4 is 5.32 Å². The predicted molar refractivity (Wildman–Crippen MR) is 68.6 cm³/mol. The van der Waals surface area contributed by atoms with Crippen molar-refractivity contribution in [3.63, 3.8) is 0 Å². The highest BCUT2D eigenvalue weighted by Crippen LogP contribution is 2.11. The second kappa shape index (κ2) is 5.40. The smallest absolute Gasteiger partial charge is 0.0551 e. The molecule has 1 aromatic carbocycles. The Labute approximate surface area is 96.7 Å². The highest BCUT2D eigenvalue weighted by atomic mass is 14.9. The van der Waals surface area contributed by atoms with Crippen molar-refractivity contribution in [3.05, 3.63) is 53.9 Å². The van der Waals surface area contributed by atoms with Gasteiger partial charge in [0.2, 0.25) is 0 Å². The van der Waals surface area contributed by atoms with Gasteiger partial charge in [0, 0.05) is 17.6 Å². The van der Waals surface area contributed by atoms with Gasteiger partial charge in [-0.05, 0) is 36.2 Å². The summed E-state index contributed by atoms with van der Waals surface area (Å²) >= 11 is 0. The van der Waals surface area contributed by atoms with Crippen LogP contribution in [0.25, 0.3) is 0 Å². The fourth-order valence-electron chi connectivity index (χ4n) is 1.75. The summed E-state index contributed by atoms with van der Waals surface area (Å²) in [5, 5.41) is 3.39. The zero-order valence-corrected chi connectivity index (χ0v) is 9.66. The third-order valence-corrected chi connectivity index (χ3v) is 2.64. The first-order valence-electron chi connectivity index (χ1n) is 5.83. The van der Waals surface area contributed by atoms with Crippen LogP contribution in [0, 0.1) is 0 Å². The summed E-state index contributed by atoms with van der Waals surface area (Å²) in [5.41, 5.74) is 3.79. The molecule has 0 unspecified atom stereocenters. The maximum atomic E-state index is 3.39. The molecule has 0 atom stereocenters. The van der Waals surface area contributed by atoms with Crippen LogP contribution in [0.2, 0.25) is 0 Å². The van der Waals surface area contributed by atoms with Crippen LogP contribution in [-0.4, -0.2) is 4.98 Å². The molecule has 0 bridgehead atoms. The zero-order chi connectivity index (χ0) is 11.2. The van der Waals surface area contributed by atoms with E-state index in [1.807, 2.05) is 12.3 Å². The first kappa shape index (κ1) is 10.8. The minimum Gasteiger partial charge on any atom is -0.379 e. The standard InChI is InChI=1S/C14H18N2/c1-2-4-12-6-8-13(9-7-12)16-11-14-5-3-10-15-14/h3,5-10,15-16H,2,4,11H2,1H3. The normalized spacial score (nSPS) is 10.3. The maximum absolute atomic E-state index is 3.39. The Kier molecular flexibility index (Phi) is 3.65. The number of H-pyrrole nitrogens is 1. The molecule has 0 fully saturated rings. The molecule has 2 nitrogen and oxygen atoms in total. The average molecular weight is 214 g/mol. The van der Waals surface area contributed by atoms with Gasteiger partial charge >= 0.3 is 0 Å². The summed E-state index contributed by atoms with van der Waals surface area (Å²) in [7, 11) is 0. The summed E-state index contributed by atoms with van der Waals surface area (Å²) in [6.07, 6.45) is 4.31. The van der Waals surface area contributed by atoms with E-state index in [1.165, 1.54) is 23.4 Å². The molecular formula is C14H18N2. The van der Waals surface area contributed by atoms with Crippen LogP contribution in [0.15, 0.2) is 42.6 Å². The first-order chi connectivity index (χ1) is 7.88. The number of aromatic amines is 1. The monoisotopic (exact) mass is 214 g/mol. The van der Waals surface area contributed by atoms with Crippen molar-refractivity contribution in [2.45, 2.75) is 26.3 Å². The van der Waals surface area contributed by atoms with E-state index in [-0.39, 0.29) is 0 Å². The summed E-state index contributed by atoms with van der Waals surface area (Å²) in [6, 6.07) is 12.8. The van der Waals surface area contributed by atoms with E-state index in [0.717, 1.165) is 13.0 Å². The van der Waals surface area contributed by atoms with Crippen molar-refractivity contribution in [2.24, 2.45) is 0 Å². The molecule has 2 heteroatoms. The number of nitrogens with one attached hydrogen (secondary N) is 2. The molecule has 16 heavy (non-hydrogen) atoms. The largest absolute Gasteiger partial charge is 0.379 e. The van der Waals surface area contributed by atoms with Gasteiger partial charge in [-0.25, -0.2) is 0 Å². The lowest BCUT2D eigenvalue weighted by Gasteiger charge is -2.06. The van der Waals surface area contributed by atoms with Crippen molar-refractivity contribution < 1.29 is 0 Å². The van der Waals surface area contributed by atoms with Crippen LogP contribution in [-0.2, 0) is 13.0 Å². The lowest BCUT2D eigenvalue weighted by atomic mass is 10.1. The fourth-order valence-corrected chi connectivity index (χ4v) is 1.75. The van der Waals surface area contributed by atoms with E-state index >= 15 is 0 Å². The molecule has 0 saturated carbocycles. The SMILES string of the molecule is CCCc1ccc(NCc2ccc[nH]2)cc1. The number of anilines is 1. The van der Waals surface area contributed by atoms with E-state index in [1.54, 1.807) is 0 Å². The van der Waals surface area contributed by atoms with Gasteiger partial charge in [0.15, 0.2) is 0 Å². The number of hydrogen-bond acceptors (Lipinski definition) is 1. The van der Waals surface area contributed by atoms with Crippen LogP contribution in [0.5, 0.6) is 0 Å². The van der Waals surface area contributed by atoms with Gasteiger partial charge < -0.3 is 10.3 Å². The van der Waals surface area contributed by atoms with Gasteiger partial charge in [0.25, 0.3) is 0 Å². The van der Waals surface area contributed by atoms with Gasteiger partial charge in [0.1, 0.15) is 0 Å². The Morgan fingerprint density at radius 3 is 2.56 bits per heavy atom. The van der Waals surface area contributed by atoms with Crippen LogP contribution in [0.3, 0.4) is 0 Å². The lowest BCUT2D eigenvalue weighted by Crippen LogP contribution is -1.99. The summed E-state index contributed by atoms with van der Waals surface area (Å²) < 4.78 is 0. The van der Waals surface area contributed by atoms with Gasteiger partial charge in [-0.2, -0.15) is 0 Å². The molecule has 0 aliphatic rings. The van der Waals surface area contributed by atoms with E-state index in [4.69, 9.17) is 0 Å². The van der Waals surface area contributed by atoms with Crippen LogP contribution in [0.1, 0.15) is 24.6 Å². The predicted octanol–water partition coefficient (Wildman–Crippen LogP) is 3.58. The molecule has 0 aliphatic heterocycles. The molecular weight excluding hydrogens is 196 g/mol. The summed E-state index contributed by atoms with van der Waals surface area (Å²) in [4.78, 5) is 3.18. The van der Waals surface area contributed by atoms with Crippen LogP contribution >= 0.6 is 0 Å². The number of hydrogen-bond donors (Lipinski definition) is 2. The van der Waals surface area contributed by atoms with Crippen molar-refractivity contribution in [3.8, 4) is 0 Å². The van der Waals surface area contributed by atoms with E-state index in [2.05, 4.69) is 47.6 Å². The van der Waals surface area contributed by atoms with Crippen LogP contribution in [0.4, 0.5) is 5.69 Å². The number of aromatic nitrogens is 1. The zero-order valence-electron chi connectivity index (χ0n) is 9.66. The fraction of sp³-hybridized carbons (Fsp3) is 0.286. The summed E-state index contributed by atoms with van der Waals surface area (Å²) in [5.74, 6) is 0. The molecule has 1 aromatic heterocycles. The van der Waals surface area contributed by atoms with E-state index in [9.17, 15) is 0 Å². The van der Waals surface area contributed by atoms with Gasteiger partial charge in [-0.15, -0.1) is 0 Å². The van der Waals surface area contributed by atoms with Crippen molar-refractivity contribution in [1.29, 1.82) is 0 Å². The second-order valence-electron chi connectivity index (χ2n) is 4.00. The van der Waals surface area contributed by atoms with Crippen molar-refractivity contribution in [1.82, 2.24) is 4.98 Å². The Morgan fingerprint density at radius 2 is 1.94 bits per heavy atom. The third kappa shape index (κ3) is 2.89. The molecule has 0 aliphatic carbocycles. The second-order valence-corrected chi connectivity index (χ2v) is 4.00. The minimum absolute atomic E-state index is 0.847. The Hall–Kier alpha value is -1.70. The average Bonchev–Trinajstić information content (AvgIpc) is 2.82. The molecule has 0 saturated heterocycles. The highest BCUT2D eigenvalue weighted by molar-refractivity contribution is 5.44. The Morgan fingerprint density at radius 1 is 1.12 bits per heavy atom. The van der Waals surface area contributed by atoms with Crippen molar-refractivity contribution in [2.75, 3.05) is 5.32 Å². The van der Waals surface area contributed by atoms with Gasteiger partial charge in [-0.1, -0.05) is 25.5 Å². The quantitative estimate of drug-likeness (QED) is 0.782. The molecule has 2 aromatic rings. The minimum atomic E-state index is 0.847. The number of benzene rings is 1. The lowest BCUT2D eigenvalue weighted by molar-refractivity contribution is 0.922. The molecule has 0 spiro atoms. The molecule has 0 amide bonds. The molecule has 1 heterocycles. The number of aryl methyl sites for hydroxylation is 1. The topological polar surface area (TPSA) is 27.8 Å².